The topological polar surface area (TPSA) is 137 Å². The predicted molar refractivity (Wildman–Crippen MR) is 156 cm³/mol. The zero-order chi connectivity index (χ0) is 30.2. The lowest BCUT2D eigenvalue weighted by molar-refractivity contribution is -0.384. The summed E-state index contributed by atoms with van der Waals surface area (Å²) in [6.07, 6.45) is 3.47. The number of anilines is 1. The Hall–Kier alpha value is -5.45. The molecule has 0 bridgehead atoms. The molecule has 4 amide bonds. The van der Waals surface area contributed by atoms with E-state index in [1.165, 1.54) is 24.3 Å². The molecule has 0 aromatic heterocycles. The number of hydrogen-bond acceptors (Lipinski definition) is 8. The number of rotatable bonds is 12. The van der Waals surface area contributed by atoms with Crippen LogP contribution in [0.25, 0.3) is 6.08 Å². The van der Waals surface area contributed by atoms with Crippen molar-refractivity contribution in [2.24, 2.45) is 0 Å². The van der Waals surface area contributed by atoms with Gasteiger partial charge in [-0.05, 0) is 67.3 Å². The van der Waals surface area contributed by atoms with E-state index in [0.29, 0.717) is 41.2 Å². The first-order chi connectivity index (χ1) is 20.2. The van der Waals surface area contributed by atoms with E-state index in [-0.39, 0.29) is 35.9 Å². The summed E-state index contributed by atoms with van der Waals surface area (Å²) in [4.78, 5) is 50.7. The summed E-state index contributed by atoms with van der Waals surface area (Å²) in [6.45, 7) is 8.10. The van der Waals surface area contributed by atoms with Crippen LogP contribution in [0.3, 0.4) is 0 Å². The fraction of sp³-hybridized carbons (Fsp3) is 0.194. The molecule has 0 radical (unpaired) electrons. The molecule has 1 saturated heterocycles. The molecule has 3 aromatic rings. The van der Waals surface area contributed by atoms with E-state index in [4.69, 9.17) is 14.2 Å². The molecule has 4 rings (SSSR count). The Bertz CT molecular complexity index is 1580. The van der Waals surface area contributed by atoms with E-state index in [9.17, 15) is 24.5 Å². The number of carbonyl (C=O) groups excluding carboxylic acids is 3. The Morgan fingerprint density at radius 2 is 1.71 bits per heavy atom. The van der Waals surface area contributed by atoms with Gasteiger partial charge in [0.05, 0.1) is 23.8 Å². The molecule has 1 N–H and O–H groups in total. The summed E-state index contributed by atoms with van der Waals surface area (Å²) in [6, 6.07) is 15.1. The molecule has 0 saturated carbocycles. The van der Waals surface area contributed by atoms with Gasteiger partial charge in [-0.25, -0.2) is 9.69 Å². The van der Waals surface area contributed by atoms with Gasteiger partial charge in [0.2, 0.25) is 0 Å². The van der Waals surface area contributed by atoms with Crippen molar-refractivity contribution >= 4 is 35.3 Å². The highest BCUT2D eigenvalue weighted by Crippen LogP contribution is 2.35. The number of non-ortho nitro benzene ring substituents is 1. The Morgan fingerprint density at radius 1 is 0.952 bits per heavy atom. The average Bonchev–Trinajstić information content (AvgIpc) is 2.96. The second-order valence-corrected chi connectivity index (χ2v) is 9.03. The molecule has 0 unspecified atom stereocenters. The van der Waals surface area contributed by atoms with Crippen molar-refractivity contribution in [2.75, 3.05) is 18.1 Å². The molecule has 0 aliphatic carbocycles. The number of carbonyl (C=O) groups is 3. The molecular weight excluding hydrogens is 542 g/mol. The number of hydrogen-bond donors (Lipinski definition) is 1. The summed E-state index contributed by atoms with van der Waals surface area (Å²) >= 11 is 0. The van der Waals surface area contributed by atoms with E-state index in [0.717, 1.165) is 4.90 Å². The predicted octanol–water partition coefficient (Wildman–Crippen LogP) is 5.37. The van der Waals surface area contributed by atoms with Gasteiger partial charge >= 0.3 is 6.03 Å². The van der Waals surface area contributed by atoms with E-state index >= 15 is 0 Å². The maximum atomic E-state index is 13.6. The number of allylic oxidation sites excluding steroid dienone is 1. The first-order valence-electron chi connectivity index (χ1n) is 13.2. The first kappa shape index (κ1) is 29.5. The number of ether oxygens (including phenoxy) is 3. The smallest absolute Gasteiger partial charge is 0.336 e. The summed E-state index contributed by atoms with van der Waals surface area (Å²) in [5.41, 5.74) is 1.69. The quantitative estimate of drug-likeness (QED) is 0.101. The van der Waals surface area contributed by atoms with Crippen LogP contribution >= 0.6 is 0 Å². The van der Waals surface area contributed by atoms with Crippen LogP contribution in [0.4, 0.5) is 16.2 Å². The zero-order valence-electron chi connectivity index (χ0n) is 23.1. The Balaban J connectivity index is 1.65. The summed E-state index contributed by atoms with van der Waals surface area (Å²) in [5.74, 6) is -0.453. The molecule has 0 atom stereocenters. The molecular formula is C31H29N3O8. The second-order valence-electron chi connectivity index (χ2n) is 9.03. The zero-order valence-corrected chi connectivity index (χ0v) is 23.1. The minimum Gasteiger partial charge on any atom is -0.494 e. The number of nitrogens with zero attached hydrogens (tertiary/aromatic N) is 2. The standard InChI is InChI=1S/C31H29N3O8/c1-4-8-22-15-20(11-13-27(22)42-19-21-9-7-10-23(16-21)34(38)39)17-25-29(35)32-31(37)33(30(25)36)26-18-24(40-5-2)12-14-28(26)41-6-3/h4,7,9-18H,1,5-6,8,19H2,2-3H3,(H,32,35,37)/b25-17+. The number of imide groups is 2. The maximum absolute atomic E-state index is 13.6. The van der Waals surface area contributed by atoms with Crippen molar-refractivity contribution in [1.29, 1.82) is 0 Å². The summed E-state index contributed by atoms with van der Waals surface area (Å²) in [7, 11) is 0. The van der Waals surface area contributed by atoms with Crippen molar-refractivity contribution in [3.63, 3.8) is 0 Å². The lowest BCUT2D eigenvalue weighted by Crippen LogP contribution is -2.54. The van der Waals surface area contributed by atoms with Gasteiger partial charge in [0.1, 0.15) is 29.4 Å². The first-order valence-corrected chi connectivity index (χ1v) is 13.2. The Kier molecular flexibility index (Phi) is 9.33. The summed E-state index contributed by atoms with van der Waals surface area (Å²) < 4.78 is 17.1. The highest BCUT2D eigenvalue weighted by atomic mass is 16.6. The molecule has 11 nitrogen and oxygen atoms in total. The Labute approximate surface area is 242 Å². The van der Waals surface area contributed by atoms with Gasteiger partial charge in [-0.3, -0.25) is 25.0 Å². The molecule has 1 aliphatic heterocycles. The minimum atomic E-state index is -0.908. The monoisotopic (exact) mass is 571 g/mol. The molecule has 1 aliphatic rings. The SMILES string of the molecule is C=CCc1cc(/C=C2\C(=O)NC(=O)N(c3cc(OCC)ccc3OCC)C2=O)ccc1OCc1cccc([N+](=O)[O-])c1. The fourth-order valence-corrected chi connectivity index (χ4v) is 4.31. The van der Waals surface area contributed by atoms with Crippen molar-refractivity contribution in [1.82, 2.24) is 5.32 Å². The van der Waals surface area contributed by atoms with E-state index in [1.807, 2.05) is 0 Å². The number of barbiturate groups is 1. The van der Waals surface area contributed by atoms with Crippen LogP contribution in [-0.2, 0) is 22.6 Å². The maximum Gasteiger partial charge on any atom is 0.336 e. The van der Waals surface area contributed by atoms with Gasteiger partial charge in [0.25, 0.3) is 17.5 Å². The van der Waals surface area contributed by atoms with Gasteiger partial charge in [-0.15, -0.1) is 6.58 Å². The lowest BCUT2D eigenvalue weighted by Gasteiger charge is -2.28. The molecule has 0 spiro atoms. The third kappa shape index (κ3) is 6.64. The molecule has 1 fully saturated rings. The highest BCUT2D eigenvalue weighted by molar-refractivity contribution is 6.39. The lowest BCUT2D eigenvalue weighted by atomic mass is 10.0. The van der Waals surface area contributed by atoms with Crippen molar-refractivity contribution in [3.05, 3.63) is 106 Å². The number of benzene rings is 3. The van der Waals surface area contributed by atoms with Gasteiger partial charge in [0.15, 0.2) is 0 Å². The molecule has 1 heterocycles. The number of nitro benzene ring substituents is 1. The molecule has 42 heavy (non-hydrogen) atoms. The van der Waals surface area contributed by atoms with Crippen LogP contribution in [0.2, 0.25) is 0 Å². The number of urea groups is 1. The van der Waals surface area contributed by atoms with E-state index in [2.05, 4.69) is 11.9 Å². The van der Waals surface area contributed by atoms with Crippen LogP contribution in [0.15, 0.2) is 78.9 Å². The number of nitrogens with one attached hydrogen (secondary N) is 1. The van der Waals surface area contributed by atoms with Crippen LogP contribution in [0, 0.1) is 10.1 Å². The normalized spacial score (nSPS) is 14.0. The van der Waals surface area contributed by atoms with Crippen molar-refractivity contribution in [2.45, 2.75) is 26.9 Å². The molecule has 11 heteroatoms. The highest BCUT2D eigenvalue weighted by Gasteiger charge is 2.38. The van der Waals surface area contributed by atoms with Crippen LogP contribution < -0.4 is 24.4 Å². The number of nitro groups is 1. The van der Waals surface area contributed by atoms with E-state index < -0.39 is 22.8 Å². The van der Waals surface area contributed by atoms with Crippen molar-refractivity contribution < 1.29 is 33.5 Å². The Morgan fingerprint density at radius 3 is 2.43 bits per heavy atom. The number of amides is 4. The largest absolute Gasteiger partial charge is 0.494 e. The third-order valence-corrected chi connectivity index (χ3v) is 6.16. The van der Waals surface area contributed by atoms with Crippen molar-refractivity contribution in [3.8, 4) is 17.2 Å². The average molecular weight is 572 g/mol. The van der Waals surface area contributed by atoms with Crippen LogP contribution in [0.5, 0.6) is 17.2 Å². The van der Waals surface area contributed by atoms with Crippen LogP contribution in [0.1, 0.15) is 30.5 Å². The van der Waals surface area contributed by atoms with Crippen LogP contribution in [-0.4, -0.2) is 36.0 Å². The summed E-state index contributed by atoms with van der Waals surface area (Å²) in [5, 5.41) is 13.3. The second kappa shape index (κ2) is 13.3. The van der Waals surface area contributed by atoms with Gasteiger partial charge < -0.3 is 14.2 Å². The van der Waals surface area contributed by atoms with Gasteiger partial charge in [-0.2, -0.15) is 0 Å². The third-order valence-electron chi connectivity index (χ3n) is 6.16. The van der Waals surface area contributed by atoms with E-state index in [1.54, 1.807) is 62.4 Å². The van der Waals surface area contributed by atoms with Gasteiger partial charge in [0, 0.05) is 18.2 Å². The minimum absolute atomic E-state index is 0.0367. The molecule has 216 valence electrons. The molecule has 3 aromatic carbocycles. The van der Waals surface area contributed by atoms with Gasteiger partial charge in [-0.1, -0.05) is 24.3 Å². The fourth-order valence-electron chi connectivity index (χ4n) is 4.31.